The molecule has 0 saturated carbocycles. The van der Waals surface area contributed by atoms with Gasteiger partial charge in [-0.25, -0.2) is 8.42 Å². The highest BCUT2D eigenvalue weighted by atomic mass is 32.2. The first-order valence-electron chi connectivity index (χ1n) is 7.15. The van der Waals surface area contributed by atoms with E-state index in [9.17, 15) is 13.2 Å². The van der Waals surface area contributed by atoms with Gasteiger partial charge in [0.15, 0.2) is 9.84 Å². The summed E-state index contributed by atoms with van der Waals surface area (Å²) in [5.74, 6) is -0.0501. The normalized spacial score (nSPS) is 22.1. The largest absolute Gasteiger partial charge is 0.385 e. The first-order chi connectivity index (χ1) is 9.91. The number of carbonyl (C=O) groups excluding carboxylic acids is 1. The van der Waals surface area contributed by atoms with E-state index in [2.05, 4.69) is 0 Å². The molecule has 1 aliphatic rings. The maximum absolute atomic E-state index is 12.5. The summed E-state index contributed by atoms with van der Waals surface area (Å²) >= 11 is 0. The Morgan fingerprint density at radius 1 is 1.33 bits per heavy atom. The SMILES string of the molecule is COCCCC(N)C(=O)N(CCOC)C1CCS(=O)(=O)C1. The Balaban J connectivity index is 2.65. The Bertz CT molecular complexity index is 426. The van der Waals surface area contributed by atoms with Gasteiger partial charge in [0.1, 0.15) is 0 Å². The van der Waals surface area contributed by atoms with Gasteiger partial charge in [-0.15, -0.1) is 0 Å². The van der Waals surface area contributed by atoms with E-state index in [0.29, 0.717) is 39.0 Å². The van der Waals surface area contributed by atoms with Crippen LogP contribution in [-0.4, -0.2) is 76.8 Å². The predicted octanol–water partition coefficient (Wildman–Crippen LogP) is -0.598. The summed E-state index contributed by atoms with van der Waals surface area (Å²) in [6, 6.07) is -0.911. The first kappa shape index (κ1) is 18.3. The molecule has 1 rings (SSSR count). The minimum absolute atomic E-state index is 0.0211. The van der Waals surface area contributed by atoms with Crippen molar-refractivity contribution in [2.24, 2.45) is 5.73 Å². The van der Waals surface area contributed by atoms with E-state index in [1.807, 2.05) is 0 Å². The standard InChI is InChI=1S/C13H26N2O5S/c1-19-7-3-4-12(14)13(16)15(6-8-20-2)11-5-9-21(17,18)10-11/h11-12H,3-10,14H2,1-2H3. The van der Waals surface area contributed by atoms with E-state index in [0.717, 1.165) is 0 Å². The monoisotopic (exact) mass is 322 g/mol. The van der Waals surface area contributed by atoms with Gasteiger partial charge in [0, 0.05) is 33.4 Å². The van der Waals surface area contributed by atoms with E-state index in [1.165, 1.54) is 0 Å². The maximum Gasteiger partial charge on any atom is 0.239 e. The van der Waals surface area contributed by atoms with Crippen LogP contribution in [-0.2, 0) is 24.1 Å². The molecule has 0 radical (unpaired) electrons. The molecule has 1 amide bonds. The summed E-state index contributed by atoms with van der Waals surface area (Å²) in [5, 5.41) is 0. The Kier molecular flexibility index (Phi) is 7.58. The lowest BCUT2D eigenvalue weighted by Gasteiger charge is -2.30. The Morgan fingerprint density at radius 2 is 2.00 bits per heavy atom. The molecule has 1 aliphatic heterocycles. The van der Waals surface area contributed by atoms with Crippen molar-refractivity contribution in [1.82, 2.24) is 4.90 Å². The van der Waals surface area contributed by atoms with Crippen LogP contribution in [0.3, 0.4) is 0 Å². The molecule has 2 atom stereocenters. The van der Waals surface area contributed by atoms with Crippen molar-refractivity contribution in [3.63, 3.8) is 0 Å². The molecule has 0 aromatic carbocycles. The predicted molar refractivity (Wildman–Crippen MR) is 79.7 cm³/mol. The average Bonchev–Trinajstić information content (AvgIpc) is 2.79. The van der Waals surface area contributed by atoms with Crippen molar-refractivity contribution in [1.29, 1.82) is 0 Å². The van der Waals surface area contributed by atoms with Crippen LogP contribution in [0.5, 0.6) is 0 Å². The van der Waals surface area contributed by atoms with Gasteiger partial charge in [-0.3, -0.25) is 4.79 Å². The third kappa shape index (κ3) is 5.90. The highest BCUT2D eigenvalue weighted by Crippen LogP contribution is 2.19. The van der Waals surface area contributed by atoms with Crippen molar-refractivity contribution >= 4 is 15.7 Å². The summed E-state index contributed by atoms with van der Waals surface area (Å²) in [6.07, 6.45) is 1.70. The molecule has 2 N–H and O–H groups in total. The fourth-order valence-electron chi connectivity index (χ4n) is 2.47. The molecular weight excluding hydrogens is 296 g/mol. The quantitative estimate of drug-likeness (QED) is 0.569. The summed E-state index contributed by atoms with van der Waals surface area (Å²) in [6.45, 7) is 1.29. The zero-order valence-corrected chi connectivity index (χ0v) is 13.6. The lowest BCUT2D eigenvalue weighted by molar-refractivity contribution is -0.135. The highest BCUT2D eigenvalue weighted by Gasteiger charge is 2.35. The molecule has 124 valence electrons. The molecule has 21 heavy (non-hydrogen) atoms. The molecule has 0 aromatic rings. The number of hydrogen-bond acceptors (Lipinski definition) is 6. The van der Waals surface area contributed by atoms with Crippen LogP contribution in [0, 0.1) is 0 Å². The fraction of sp³-hybridized carbons (Fsp3) is 0.923. The second kappa shape index (κ2) is 8.67. The smallest absolute Gasteiger partial charge is 0.239 e. The zero-order chi connectivity index (χ0) is 15.9. The fourth-order valence-corrected chi connectivity index (χ4v) is 4.20. The van der Waals surface area contributed by atoms with E-state index in [4.69, 9.17) is 15.2 Å². The number of amides is 1. The second-order valence-electron chi connectivity index (χ2n) is 5.32. The number of nitrogens with two attached hydrogens (primary N) is 1. The van der Waals surface area contributed by atoms with E-state index < -0.39 is 15.9 Å². The van der Waals surface area contributed by atoms with Crippen molar-refractivity contribution in [3.8, 4) is 0 Å². The van der Waals surface area contributed by atoms with Gasteiger partial charge in [-0.1, -0.05) is 0 Å². The second-order valence-corrected chi connectivity index (χ2v) is 7.55. The van der Waals surface area contributed by atoms with Gasteiger partial charge < -0.3 is 20.1 Å². The van der Waals surface area contributed by atoms with Crippen molar-refractivity contribution in [2.45, 2.75) is 31.3 Å². The van der Waals surface area contributed by atoms with Crippen LogP contribution >= 0.6 is 0 Å². The van der Waals surface area contributed by atoms with E-state index in [1.54, 1.807) is 19.1 Å². The van der Waals surface area contributed by atoms with Gasteiger partial charge >= 0.3 is 0 Å². The zero-order valence-electron chi connectivity index (χ0n) is 12.8. The number of methoxy groups -OCH3 is 2. The van der Waals surface area contributed by atoms with Crippen molar-refractivity contribution < 1.29 is 22.7 Å². The number of nitrogens with zero attached hydrogens (tertiary/aromatic N) is 1. The number of sulfone groups is 1. The van der Waals surface area contributed by atoms with Crippen LogP contribution in [0.4, 0.5) is 0 Å². The van der Waals surface area contributed by atoms with Crippen molar-refractivity contribution in [3.05, 3.63) is 0 Å². The summed E-state index contributed by atoms with van der Waals surface area (Å²) in [5.41, 5.74) is 5.93. The average molecular weight is 322 g/mol. The summed E-state index contributed by atoms with van der Waals surface area (Å²) in [4.78, 5) is 14.0. The number of hydrogen-bond donors (Lipinski definition) is 1. The number of carbonyl (C=O) groups is 1. The molecule has 1 heterocycles. The summed E-state index contributed by atoms with van der Waals surface area (Å²) in [7, 11) is 0.106. The maximum atomic E-state index is 12.5. The molecule has 1 saturated heterocycles. The highest BCUT2D eigenvalue weighted by molar-refractivity contribution is 7.91. The molecule has 7 nitrogen and oxygen atoms in total. The lowest BCUT2D eigenvalue weighted by Crippen LogP contribution is -2.50. The Labute approximate surface area is 126 Å². The minimum atomic E-state index is -3.04. The molecule has 0 spiro atoms. The molecule has 2 unspecified atom stereocenters. The van der Waals surface area contributed by atoms with Crippen LogP contribution < -0.4 is 5.73 Å². The molecule has 0 aromatic heterocycles. The first-order valence-corrected chi connectivity index (χ1v) is 8.97. The van der Waals surface area contributed by atoms with Crippen molar-refractivity contribution in [2.75, 3.05) is 45.5 Å². The third-order valence-corrected chi connectivity index (χ3v) is 5.40. The number of ether oxygens (including phenoxy) is 2. The molecular formula is C13H26N2O5S. The topological polar surface area (TPSA) is 98.9 Å². The molecule has 0 bridgehead atoms. The van der Waals surface area contributed by atoms with Crippen LogP contribution in [0.1, 0.15) is 19.3 Å². The van der Waals surface area contributed by atoms with Gasteiger partial charge in [-0.2, -0.15) is 0 Å². The number of rotatable bonds is 9. The summed E-state index contributed by atoms with van der Waals surface area (Å²) < 4.78 is 33.2. The molecule has 8 heteroatoms. The van der Waals surface area contributed by atoms with Crippen LogP contribution in [0.2, 0.25) is 0 Å². The van der Waals surface area contributed by atoms with Crippen LogP contribution in [0.25, 0.3) is 0 Å². The van der Waals surface area contributed by atoms with E-state index >= 15 is 0 Å². The third-order valence-electron chi connectivity index (χ3n) is 3.65. The van der Waals surface area contributed by atoms with E-state index in [-0.39, 0.29) is 23.5 Å². The molecule has 1 fully saturated rings. The van der Waals surface area contributed by atoms with Gasteiger partial charge in [-0.05, 0) is 19.3 Å². The van der Waals surface area contributed by atoms with Gasteiger partial charge in [0.2, 0.25) is 5.91 Å². The van der Waals surface area contributed by atoms with Gasteiger partial charge in [0.25, 0.3) is 0 Å². The minimum Gasteiger partial charge on any atom is -0.385 e. The van der Waals surface area contributed by atoms with Crippen LogP contribution in [0.15, 0.2) is 0 Å². The Morgan fingerprint density at radius 3 is 2.52 bits per heavy atom. The van der Waals surface area contributed by atoms with Gasteiger partial charge in [0.05, 0.1) is 24.2 Å². The lowest BCUT2D eigenvalue weighted by atomic mass is 10.1. The Hall–Kier alpha value is -0.700. The molecule has 0 aliphatic carbocycles.